The van der Waals surface area contributed by atoms with Crippen molar-refractivity contribution in [3.63, 3.8) is 0 Å². The summed E-state index contributed by atoms with van der Waals surface area (Å²) in [5, 5.41) is 0. The predicted molar refractivity (Wildman–Crippen MR) is 52.4 cm³/mol. The molecule has 0 bridgehead atoms. The Morgan fingerprint density at radius 1 is 1.50 bits per heavy atom. The Hall–Kier alpha value is -0.240. The number of rotatable bonds is 5. The van der Waals surface area contributed by atoms with Crippen LogP contribution in [0.25, 0.3) is 0 Å². The lowest BCUT2D eigenvalue weighted by Gasteiger charge is -2.22. The molecule has 0 radical (unpaired) electrons. The number of amides is 1. The van der Waals surface area contributed by atoms with E-state index in [1.54, 1.807) is 0 Å². The highest BCUT2D eigenvalue weighted by Crippen LogP contribution is 2.01. The maximum absolute atomic E-state index is 11.4. The molecule has 0 aromatic heterocycles. The molecule has 2 nitrogen and oxygen atoms in total. The lowest BCUT2D eigenvalue weighted by Crippen LogP contribution is -2.34. The van der Waals surface area contributed by atoms with E-state index in [1.165, 1.54) is 0 Å². The van der Waals surface area contributed by atoms with Gasteiger partial charge in [-0.1, -0.05) is 13.8 Å². The van der Waals surface area contributed by atoms with Gasteiger partial charge in [-0.15, -0.1) is 11.6 Å². The van der Waals surface area contributed by atoms with Crippen LogP contribution in [-0.4, -0.2) is 29.8 Å². The van der Waals surface area contributed by atoms with Crippen LogP contribution in [0.3, 0.4) is 0 Å². The summed E-state index contributed by atoms with van der Waals surface area (Å²) in [6, 6.07) is 0. The first kappa shape index (κ1) is 11.8. The molecule has 0 rings (SSSR count). The zero-order valence-corrected chi connectivity index (χ0v) is 8.90. The largest absolute Gasteiger partial charge is 0.343 e. The minimum atomic E-state index is 0.168. The molecule has 0 aliphatic heterocycles. The smallest absolute Gasteiger partial charge is 0.223 e. The number of nitrogens with zero attached hydrogens (tertiary/aromatic N) is 1. The zero-order valence-electron chi connectivity index (χ0n) is 8.14. The Labute approximate surface area is 79.9 Å². The van der Waals surface area contributed by atoms with Crippen molar-refractivity contribution in [3.05, 3.63) is 0 Å². The van der Waals surface area contributed by atoms with Crippen molar-refractivity contribution in [2.45, 2.75) is 27.2 Å². The lowest BCUT2D eigenvalue weighted by atomic mass is 10.2. The molecule has 3 heteroatoms. The van der Waals surface area contributed by atoms with Gasteiger partial charge in [-0.05, 0) is 12.8 Å². The van der Waals surface area contributed by atoms with Crippen molar-refractivity contribution in [2.75, 3.05) is 19.0 Å². The van der Waals surface area contributed by atoms with Crippen LogP contribution >= 0.6 is 11.6 Å². The molecule has 0 aromatic carbocycles. The van der Waals surface area contributed by atoms with E-state index in [0.29, 0.717) is 18.2 Å². The molecule has 0 aliphatic carbocycles. The highest BCUT2D eigenvalue weighted by atomic mass is 35.5. The topological polar surface area (TPSA) is 20.3 Å². The van der Waals surface area contributed by atoms with Crippen LogP contribution < -0.4 is 0 Å². The van der Waals surface area contributed by atoms with E-state index in [9.17, 15) is 4.79 Å². The molecular weight excluding hydrogens is 174 g/mol. The van der Waals surface area contributed by atoms with Gasteiger partial charge in [0.2, 0.25) is 5.91 Å². The first-order valence-electron chi connectivity index (χ1n) is 4.45. The third-order valence-electron chi connectivity index (χ3n) is 1.63. The van der Waals surface area contributed by atoms with E-state index < -0.39 is 0 Å². The van der Waals surface area contributed by atoms with Gasteiger partial charge in [-0.3, -0.25) is 4.79 Å². The van der Waals surface area contributed by atoms with Gasteiger partial charge in [0.1, 0.15) is 0 Å². The predicted octanol–water partition coefficient (Wildman–Crippen LogP) is 2.12. The van der Waals surface area contributed by atoms with Crippen molar-refractivity contribution >= 4 is 17.5 Å². The highest BCUT2D eigenvalue weighted by Gasteiger charge is 2.11. The third kappa shape index (κ3) is 4.60. The van der Waals surface area contributed by atoms with Crippen LogP contribution in [0.5, 0.6) is 0 Å². The van der Waals surface area contributed by atoms with E-state index in [1.807, 2.05) is 11.8 Å². The van der Waals surface area contributed by atoms with Gasteiger partial charge < -0.3 is 4.90 Å². The Morgan fingerprint density at radius 2 is 2.08 bits per heavy atom. The van der Waals surface area contributed by atoms with E-state index in [-0.39, 0.29) is 5.91 Å². The molecule has 0 saturated heterocycles. The van der Waals surface area contributed by atoms with E-state index in [2.05, 4.69) is 13.8 Å². The number of halogens is 1. The Balaban J connectivity index is 3.87. The van der Waals surface area contributed by atoms with Gasteiger partial charge >= 0.3 is 0 Å². The maximum atomic E-state index is 11.4. The summed E-state index contributed by atoms with van der Waals surface area (Å²) in [4.78, 5) is 13.2. The monoisotopic (exact) mass is 191 g/mol. The minimum Gasteiger partial charge on any atom is -0.343 e. The van der Waals surface area contributed by atoms with Gasteiger partial charge in [-0.2, -0.15) is 0 Å². The van der Waals surface area contributed by atoms with Gasteiger partial charge in [0.05, 0.1) is 0 Å². The van der Waals surface area contributed by atoms with Gasteiger partial charge in [0, 0.05) is 25.4 Å². The van der Waals surface area contributed by atoms with Gasteiger partial charge in [0.15, 0.2) is 0 Å². The van der Waals surface area contributed by atoms with Crippen molar-refractivity contribution in [1.82, 2.24) is 4.90 Å². The molecule has 0 aromatic rings. The van der Waals surface area contributed by atoms with Crippen LogP contribution in [0.1, 0.15) is 27.2 Å². The van der Waals surface area contributed by atoms with E-state index >= 15 is 0 Å². The first-order valence-corrected chi connectivity index (χ1v) is 4.99. The Kier molecular flexibility index (Phi) is 6.17. The van der Waals surface area contributed by atoms with Crippen LogP contribution in [0.4, 0.5) is 0 Å². The second-order valence-electron chi connectivity index (χ2n) is 3.27. The van der Waals surface area contributed by atoms with E-state index in [4.69, 9.17) is 11.6 Å². The average molecular weight is 192 g/mol. The molecule has 0 atom stereocenters. The summed E-state index contributed by atoms with van der Waals surface area (Å²) in [7, 11) is 0. The summed E-state index contributed by atoms with van der Waals surface area (Å²) in [5.41, 5.74) is 0. The second kappa shape index (κ2) is 6.30. The standard InChI is InChI=1S/C9H18ClNO/c1-4-11(7-8(2)3)9(12)5-6-10/h8H,4-7H2,1-3H3. The Bertz CT molecular complexity index is 136. The number of carbonyl (C=O) groups is 1. The Morgan fingerprint density at radius 3 is 2.42 bits per heavy atom. The van der Waals surface area contributed by atoms with Crippen LogP contribution in [0, 0.1) is 5.92 Å². The normalized spacial score (nSPS) is 10.4. The molecule has 0 saturated carbocycles. The van der Waals surface area contributed by atoms with Crippen LogP contribution in [0.2, 0.25) is 0 Å². The van der Waals surface area contributed by atoms with Crippen molar-refractivity contribution in [3.8, 4) is 0 Å². The molecule has 0 fully saturated rings. The fraction of sp³-hybridized carbons (Fsp3) is 0.889. The zero-order chi connectivity index (χ0) is 9.56. The van der Waals surface area contributed by atoms with Gasteiger partial charge in [-0.25, -0.2) is 0 Å². The van der Waals surface area contributed by atoms with Crippen molar-refractivity contribution in [2.24, 2.45) is 5.92 Å². The average Bonchev–Trinajstić information content (AvgIpc) is 2.00. The fourth-order valence-corrected chi connectivity index (χ4v) is 1.25. The number of hydrogen-bond donors (Lipinski definition) is 0. The number of hydrogen-bond acceptors (Lipinski definition) is 1. The molecule has 0 spiro atoms. The summed E-state index contributed by atoms with van der Waals surface area (Å²) >= 11 is 5.49. The summed E-state index contributed by atoms with van der Waals surface area (Å²) < 4.78 is 0. The summed E-state index contributed by atoms with van der Waals surface area (Å²) in [6.45, 7) is 7.84. The number of carbonyl (C=O) groups excluding carboxylic acids is 1. The molecular formula is C9H18ClNO. The van der Waals surface area contributed by atoms with E-state index in [0.717, 1.165) is 13.1 Å². The third-order valence-corrected chi connectivity index (χ3v) is 1.82. The molecule has 12 heavy (non-hydrogen) atoms. The molecule has 0 N–H and O–H groups in total. The van der Waals surface area contributed by atoms with Crippen LogP contribution in [-0.2, 0) is 4.79 Å². The quantitative estimate of drug-likeness (QED) is 0.610. The van der Waals surface area contributed by atoms with Gasteiger partial charge in [0.25, 0.3) is 0 Å². The number of alkyl halides is 1. The lowest BCUT2D eigenvalue weighted by molar-refractivity contribution is -0.131. The fourth-order valence-electron chi connectivity index (χ4n) is 1.09. The van der Waals surface area contributed by atoms with Crippen LogP contribution in [0.15, 0.2) is 0 Å². The summed E-state index contributed by atoms with van der Waals surface area (Å²) in [6.07, 6.45) is 0.460. The molecule has 0 unspecified atom stereocenters. The van der Waals surface area contributed by atoms with Crippen molar-refractivity contribution < 1.29 is 4.79 Å². The first-order chi connectivity index (χ1) is 5.61. The molecule has 0 heterocycles. The molecule has 0 aliphatic rings. The summed E-state index contributed by atoms with van der Waals surface area (Å²) in [5.74, 6) is 1.12. The minimum absolute atomic E-state index is 0.168. The highest BCUT2D eigenvalue weighted by molar-refractivity contribution is 6.18. The molecule has 1 amide bonds. The van der Waals surface area contributed by atoms with Crippen molar-refractivity contribution in [1.29, 1.82) is 0 Å². The maximum Gasteiger partial charge on any atom is 0.223 e. The second-order valence-corrected chi connectivity index (χ2v) is 3.64. The SMILES string of the molecule is CCN(CC(C)C)C(=O)CCCl. The molecule has 72 valence electrons.